The number of amidine groups is 1. The van der Waals surface area contributed by atoms with Gasteiger partial charge in [0.1, 0.15) is 0 Å². The molecule has 0 aliphatic carbocycles. The third kappa shape index (κ3) is 6.08. The van der Waals surface area contributed by atoms with Gasteiger partial charge in [0.25, 0.3) is 0 Å². The molecule has 0 spiro atoms. The molecule has 0 unspecified atom stereocenters. The lowest BCUT2D eigenvalue weighted by Crippen LogP contribution is -2.35. The monoisotopic (exact) mass is 245 g/mol. The molecule has 1 saturated heterocycles. The van der Waals surface area contributed by atoms with Gasteiger partial charge in [-0.1, -0.05) is 13.8 Å². The Kier molecular flexibility index (Phi) is 6.42. The largest absolute Gasteiger partial charge is 0.378 e. The minimum absolute atomic E-state index is 0.340. The molecule has 0 bridgehead atoms. The van der Waals surface area contributed by atoms with Crippen molar-refractivity contribution in [2.75, 3.05) is 32.8 Å². The molecule has 92 valence electrons. The number of ether oxygens (including phenoxy) is 1. The van der Waals surface area contributed by atoms with Crippen molar-refractivity contribution in [2.24, 2.45) is 15.9 Å². The summed E-state index contributed by atoms with van der Waals surface area (Å²) in [5, 5.41) is 0.340. The standard InChI is InChI=1S/C11H20ClN3O/c1-10(2)3-4-13-11(12)14-9-15-5-7-16-8-6-15/h9-10H,3-8H2,1-2H3. The normalized spacial score (nSPS) is 18.8. The SMILES string of the molecule is CC(C)CCN=C(Cl)N=CN1CCOCC1. The van der Waals surface area contributed by atoms with Gasteiger partial charge in [0.15, 0.2) is 0 Å². The molecule has 0 amide bonds. The molecule has 0 N–H and O–H groups in total. The van der Waals surface area contributed by atoms with Gasteiger partial charge in [0.05, 0.1) is 19.6 Å². The Morgan fingerprint density at radius 3 is 2.75 bits per heavy atom. The number of halogens is 1. The second-order valence-corrected chi connectivity index (χ2v) is 4.56. The predicted octanol–water partition coefficient (Wildman–Crippen LogP) is 1.99. The van der Waals surface area contributed by atoms with Crippen molar-refractivity contribution < 1.29 is 4.74 Å². The summed E-state index contributed by atoms with van der Waals surface area (Å²) in [5.41, 5.74) is 0. The molecule has 1 fully saturated rings. The molecule has 5 heteroatoms. The predicted molar refractivity (Wildman–Crippen MR) is 68.5 cm³/mol. The van der Waals surface area contributed by atoms with E-state index in [1.54, 1.807) is 6.34 Å². The highest BCUT2D eigenvalue weighted by molar-refractivity contribution is 6.65. The lowest BCUT2D eigenvalue weighted by molar-refractivity contribution is 0.0701. The van der Waals surface area contributed by atoms with E-state index in [4.69, 9.17) is 16.3 Å². The van der Waals surface area contributed by atoms with Crippen molar-refractivity contribution in [2.45, 2.75) is 20.3 Å². The molecule has 0 aromatic rings. The highest BCUT2D eigenvalue weighted by atomic mass is 35.5. The maximum Gasteiger partial charge on any atom is 0.219 e. The van der Waals surface area contributed by atoms with E-state index in [1.165, 1.54) is 0 Å². The number of aliphatic imine (C=N–C) groups is 2. The molecule has 0 radical (unpaired) electrons. The highest BCUT2D eigenvalue weighted by Gasteiger charge is 2.05. The van der Waals surface area contributed by atoms with Crippen molar-refractivity contribution in [3.63, 3.8) is 0 Å². The fraction of sp³-hybridized carbons (Fsp3) is 0.818. The number of hydrogen-bond acceptors (Lipinski definition) is 2. The van der Waals surface area contributed by atoms with Crippen molar-refractivity contribution in [1.29, 1.82) is 0 Å². The van der Waals surface area contributed by atoms with Crippen LogP contribution in [0.2, 0.25) is 0 Å². The topological polar surface area (TPSA) is 37.2 Å². The van der Waals surface area contributed by atoms with Crippen molar-refractivity contribution >= 4 is 23.2 Å². The van der Waals surface area contributed by atoms with Crippen LogP contribution in [-0.4, -0.2) is 49.4 Å². The average Bonchev–Trinajstić information content (AvgIpc) is 2.27. The van der Waals surface area contributed by atoms with Gasteiger partial charge in [-0.15, -0.1) is 0 Å². The minimum atomic E-state index is 0.340. The molecule has 0 atom stereocenters. The molecule has 1 rings (SSSR count). The smallest absolute Gasteiger partial charge is 0.219 e. The molecule has 1 aliphatic heterocycles. The van der Waals surface area contributed by atoms with Gasteiger partial charge < -0.3 is 9.64 Å². The van der Waals surface area contributed by atoms with E-state index in [-0.39, 0.29) is 0 Å². The summed E-state index contributed by atoms with van der Waals surface area (Å²) >= 11 is 5.88. The first-order valence-corrected chi connectivity index (χ1v) is 6.12. The Morgan fingerprint density at radius 2 is 2.12 bits per heavy atom. The second kappa shape index (κ2) is 7.63. The Balaban J connectivity index is 2.25. The molecule has 16 heavy (non-hydrogen) atoms. The summed E-state index contributed by atoms with van der Waals surface area (Å²) in [6.45, 7) is 8.35. The van der Waals surface area contributed by atoms with E-state index >= 15 is 0 Å². The zero-order valence-electron chi connectivity index (χ0n) is 10.0. The average molecular weight is 246 g/mol. The van der Waals surface area contributed by atoms with Crippen LogP contribution >= 0.6 is 11.6 Å². The lowest BCUT2D eigenvalue weighted by Gasteiger charge is -2.23. The molecular formula is C11H20ClN3O. The molecular weight excluding hydrogens is 226 g/mol. The van der Waals surface area contributed by atoms with Gasteiger partial charge in [-0.2, -0.15) is 0 Å². The van der Waals surface area contributed by atoms with Gasteiger partial charge in [-0.25, -0.2) is 4.99 Å². The number of hydrogen-bond donors (Lipinski definition) is 0. The van der Waals surface area contributed by atoms with E-state index in [2.05, 4.69) is 28.7 Å². The fourth-order valence-corrected chi connectivity index (χ4v) is 1.41. The van der Waals surface area contributed by atoms with Gasteiger partial charge >= 0.3 is 0 Å². The number of rotatable bonds is 4. The highest BCUT2D eigenvalue weighted by Crippen LogP contribution is 2.00. The summed E-state index contributed by atoms with van der Waals surface area (Å²) in [4.78, 5) is 10.4. The lowest BCUT2D eigenvalue weighted by atomic mass is 10.1. The summed E-state index contributed by atoms with van der Waals surface area (Å²) in [6, 6.07) is 0. The van der Waals surface area contributed by atoms with Crippen molar-refractivity contribution in [3.05, 3.63) is 0 Å². The summed E-state index contributed by atoms with van der Waals surface area (Å²) in [5.74, 6) is 0.649. The molecule has 0 aromatic carbocycles. The Morgan fingerprint density at radius 1 is 1.44 bits per heavy atom. The van der Waals surface area contributed by atoms with Crippen LogP contribution in [-0.2, 0) is 4.74 Å². The van der Waals surface area contributed by atoms with Gasteiger partial charge in [-0.05, 0) is 23.9 Å². The summed E-state index contributed by atoms with van der Waals surface area (Å²) in [7, 11) is 0. The Labute approximate surface area is 102 Å². The number of morpholine rings is 1. The van der Waals surface area contributed by atoms with Crippen LogP contribution < -0.4 is 0 Å². The molecule has 0 aromatic heterocycles. The van der Waals surface area contributed by atoms with Gasteiger partial charge in [-0.3, -0.25) is 4.99 Å². The molecule has 1 heterocycles. The van der Waals surface area contributed by atoms with E-state index in [1.807, 2.05) is 0 Å². The van der Waals surface area contributed by atoms with E-state index in [9.17, 15) is 0 Å². The van der Waals surface area contributed by atoms with E-state index < -0.39 is 0 Å². The molecule has 0 saturated carbocycles. The Bertz CT molecular complexity index is 248. The van der Waals surface area contributed by atoms with Gasteiger partial charge in [0, 0.05) is 19.6 Å². The zero-order chi connectivity index (χ0) is 11.8. The quantitative estimate of drug-likeness (QED) is 0.432. The van der Waals surface area contributed by atoms with E-state index in [0.717, 1.165) is 39.3 Å². The first kappa shape index (κ1) is 13.5. The first-order chi connectivity index (χ1) is 7.68. The van der Waals surface area contributed by atoms with Gasteiger partial charge in [0.2, 0.25) is 5.29 Å². The summed E-state index contributed by atoms with van der Waals surface area (Å²) < 4.78 is 5.23. The third-order valence-electron chi connectivity index (χ3n) is 2.32. The summed E-state index contributed by atoms with van der Waals surface area (Å²) in [6.07, 6.45) is 2.80. The molecule has 1 aliphatic rings. The van der Waals surface area contributed by atoms with E-state index in [0.29, 0.717) is 11.2 Å². The molecule has 4 nitrogen and oxygen atoms in total. The van der Waals surface area contributed by atoms with Crippen LogP contribution in [0.1, 0.15) is 20.3 Å². The zero-order valence-corrected chi connectivity index (χ0v) is 10.8. The van der Waals surface area contributed by atoms with Crippen LogP contribution in [0.3, 0.4) is 0 Å². The Hall–Kier alpha value is -0.610. The minimum Gasteiger partial charge on any atom is -0.378 e. The van der Waals surface area contributed by atoms with Crippen LogP contribution in [0.5, 0.6) is 0 Å². The second-order valence-electron chi connectivity index (χ2n) is 4.23. The van der Waals surface area contributed by atoms with Crippen LogP contribution in [0.4, 0.5) is 0 Å². The third-order valence-corrected chi connectivity index (χ3v) is 2.54. The maximum atomic E-state index is 5.88. The first-order valence-electron chi connectivity index (χ1n) is 5.74. The van der Waals surface area contributed by atoms with Crippen LogP contribution in [0.15, 0.2) is 9.98 Å². The van der Waals surface area contributed by atoms with Crippen molar-refractivity contribution in [1.82, 2.24) is 4.90 Å². The van der Waals surface area contributed by atoms with Crippen molar-refractivity contribution in [3.8, 4) is 0 Å². The van der Waals surface area contributed by atoms with Crippen LogP contribution in [0.25, 0.3) is 0 Å². The maximum absolute atomic E-state index is 5.88. The van der Waals surface area contributed by atoms with Crippen LogP contribution in [0, 0.1) is 5.92 Å². The fourth-order valence-electron chi connectivity index (χ4n) is 1.28. The number of nitrogens with zero attached hydrogens (tertiary/aromatic N) is 3.